The van der Waals surface area contributed by atoms with Crippen LogP contribution in [-0.4, -0.2) is 43.4 Å². The van der Waals surface area contributed by atoms with Crippen LogP contribution in [0.4, 0.5) is 4.79 Å². The van der Waals surface area contributed by atoms with Crippen LogP contribution in [0.5, 0.6) is 5.75 Å². The van der Waals surface area contributed by atoms with Crippen LogP contribution in [0.15, 0.2) is 24.3 Å². The Kier molecular flexibility index (Phi) is 5.53. The number of nitrogens with zero attached hydrogens (tertiary/aromatic N) is 1. The Balaban J connectivity index is 2.53. The van der Waals surface area contributed by atoms with Gasteiger partial charge in [-0.1, -0.05) is 0 Å². The number of benzene rings is 1. The Labute approximate surface area is 110 Å². The van der Waals surface area contributed by atoms with Crippen molar-refractivity contribution in [2.24, 2.45) is 0 Å². The summed E-state index contributed by atoms with van der Waals surface area (Å²) in [5.74, 6) is -0.204. The van der Waals surface area contributed by atoms with Crippen LogP contribution < -0.4 is 4.74 Å². The molecule has 0 spiro atoms. The van der Waals surface area contributed by atoms with E-state index in [1.165, 1.54) is 31.3 Å². The molecule has 1 amide bonds. The molecule has 19 heavy (non-hydrogen) atoms. The van der Waals surface area contributed by atoms with Crippen molar-refractivity contribution in [3.05, 3.63) is 29.8 Å². The summed E-state index contributed by atoms with van der Waals surface area (Å²) in [4.78, 5) is 34.4. The molecule has 0 heterocycles. The van der Waals surface area contributed by atoms with Crippen LogP contribution in [0, 0.1) is 0 Å². The third-order valence-corrected chi connectivity index (χ3v) is 2.20. The molecule has 102 valence electrons. The molecule has 0 radical (unpaired) electrons. The van der Waals surface area contributed by atoms with Crippen LogP contribution in [0.25, 0.3) is 0 Å². The SMILES string of the molecule is CCOC(=O)CN(C)C(=O)Oc1ccc(C=O)cc1. The largest absolute Gasteiger partial charge is 0.465 e. The van der Waals surface area contributed by atoms with Crippen LogP contribution in [0.2, 0.25) is 0 Å². The lowest BCUT2D eigenvalue weighted by Gasteiger charge is -2.15. The highest BCUT2D eigenvalue weighted by Gasteiger charge is 2.15. The lowest BCUT2D eigenvalue weighted by atomic mass is 10.2. The molecule has 0 atom stereocenters. The van der Waals surface area contributed by atoms with E-state index in [0.717, 1.165) is 4.90 Å². The van der Waals surface area contributed by atoms with E-state index in [0.29, 0.717) is 17.6 Å². The maximum atomic E-state index is 11.6. The van der Waals surface area contributed by atoms with Crippen molar-refractivity contribution in [1.82, 2.24) is 4.90 Å². The number of ether oxygens (including phenoxy) is 2. The fourth-order valence-electron chi connectivity index (χ4n) is 1.26. The van der Waals surface area contributed by atoms with Gasteiger partial charge in [0, 0.05) is 12.6 Å². The van der Waals surface area contributed by atoms with Gasteiger partial charge in [0.2, 0.25) is 0 Å². The van der Waals surface area contributed by atoms with E-state index in [-0.39, 0.29) is 13.2 Å². The summed E-state index contributed by atoms with van der Waals surface area (Å²) in [7, 11) is 1.43. The molecule has 0 saturated carbocycles. The van der Waals surface area contributed by atoms with Crippen molar-refractivity contribution >= 4 is 18.3 Å². The second-order valence-electron chi connectivity index (χ2n) is 3.72. The first-order chi connectivity index (χ1) is 9.06. The molecular formula is C13H15NO5. The van der Waals surface area contributed by atoms with Crippen LogP contribution in [0.3, 0.4) is 0 Å². The highest BCUT2D eigenvalue weighted by Crippen LogP contribution is 2.12. The summed E-state index contributed by atoms with van der Waals surface area (Å²) in [6.07, 6.45) is 0.0188. The van der Waals surface area contributed by atoms with Crippen LogP contribution >= 0.6 is 0 Å². The Morgan fingerprint density at radius 2 is 1.89 bits per heavy atom. The molecular weight excluding hydrogens is 250 g/mol. The zero-order valence-electron chi connectivity index (χ0n) is 10.8. The van der Waals surface area contributed by atoms with Crippen LogP contribution in [0.1, 0.15) is 17.3 Å². The Morgan fingerprint density at radius 1 is 1.26 bits per heavy atom. The maximum absolute atomic E-state index is 11.6. The van der Waals surface area contributed by atoms with E-state index >= 15 is 0 Å². The van der Waals surface area contributed by atoms with E-state index < -0.39 is 12.1 Å². The van der Waals surface area contributed by atoms with Gasteiger partial charge in [0.25, 0.3) is 0 Å². The molecule has 0 unspecified atom stereocenters. The molecule has 6 heteroatoms. The summed E-state index contributed by atoms with van der Waals surface area (Å²) >= 11 is 0. The van der Waals surface area contributed by atoms with Gasteiger partial charge in [0.05, 0.1) is 6.61 Å². The lowest BCUT2D eigenvalue weighted by molar-refractivity contribution is -0.143. The highest BCUT2D eigenvalue weighted by molar-refractivity contribution is 5.79. The van der Waals surface area contributed by atoms with Gasteiger partial charge in [-0.2, -0.15) is 0 Å². The quantitative estimate of drug-likeness (QED) is 0.595. The monoisotopic (exact) mass is 265 g/mol. The number of hydrogen-bond acceptors (Lipinski definition) is 5. The standard InChI is InChI=1S/C13H15NO5/c1-3-18-12(16)8-14(2)13(17)19-11-6-4-10(9-15)5-7-11/h4-7,9H,3,8H2,1-2H3. The summed E-state index contributed by atoms with van der Waals surface area (Å²) < 4.78 is 9.73. The van der Waals surface area contributed by atoms with Crippen molar-refractivity contribution in [2.45, 2.75) is 6.92 Å². The lowest BCUT2D eigenvalue weighted by Crippen LogP contribution is -2.35. The number of aldehydes is 1. The fourth-order valence-corrected chi connectivity index (χ4v) is 1.26. The van der Waals surface area contributed by atoms with Gasteiger partial charge in [-0.05, 0) is 31.2 Å². The fraction of sp³-hybridized carbons (Fsp3) is 0.308. The number of hydrogen-bond donors (Lipinski definition) is 0. The van der Waals surface area contributed by atoms with Crippen molar-refractivity contribution in [3.63, 3.8) is 0 Å². The van der Waals surface area contributed by atoms with E-state index in [4.69, 9.17) is 9.47 Å². The molecule has 0 N–H and O–H groups in total. The Morgan fingerprint density at radius 3 is 2.42 bits per heavy atom. The van der Waals surface area contributed by atoms with Crippen molar-refractivity contribution in [1.29, 1.82) is 0 Å². The van der Waals surface area contributed by atoms with Gasteiger partial charge >= 0.3 is 12.1 Å². The Hall–Kier alpha value is -2.37. The average Bonchev–Trinajstić information content (AvgIpc) is 2.39. The molecule has 0 fully saturated rings. The average molecular weight is 265 g/mol. The minimum Gasteiger partial charge on any atom is -0.465 e. The Bertz CT molecular complexity index is 455. The minimum absolute atomic E-state index is 0.181. The van der Waals surface area contributed by atoms with Crippen LogP contribution in [-0.2, 0) is 9.53 Å². The van der Waals surface area contributed by atoms with Crippen molar-refractivity contribution in [2.75, 3.05) is 20.2 Å². The molecule has 0 aromatic heterocycles. The maximum Gasteiger partial charge on any atom is 0.415 e. The third-order valence-electron chi connectivity index (χ3n) is 2.20. The number of carbonyl (C=O) groups is 3. The van der Waals surface area contributed by atoms with E-state index in [1.807, 2.05) is 0 Å². The first kappa shape index (κ1) is 14.7. The topological polar surface area (TPSA) is 72.9 Å². The molecule has 1 aromatic carbocycles. The summed E-state index contributed by atoms with van der Waals surface area (Å²) in [5, 5.41) is 0. The second-order valence-corrected chi connectivity index (χ2v) is 3.72. The predicted octanol–water partition coefficient (Wildman–Crippen LogP) is 1.49. The van der Waals surface area contributed by atoms with Crippen molar-refractivity contribution < 1.29 is 23.9 Å². The van der Waals surface area contributed by atoms with Crippen molar-refractivity contribution in [3.8, 4) is 5.75 Å². The third kappa shape index (κ3) is 4.79. The zero-order valence-corrected chi connectivity index (χ0v) is 10.8. The predicted molar refractivity (Wildman–Crippen MR) is 67.1 cm³/mol. The molecule has 0 aliphatic carbocycles. The van der Waals surface area contributed by atoms with Gasteiger partial charge in [0.15, 0.2) is 0 Å². The van der Waals surface area contributed by atoms with E-state index in [9.17, 15) is 14.4 Å². The second kappa shape index (κ2) is 7.15. The van der Waals surface area contributed by atoms with Gasteiger partial charge < -0.3 is 9.47 Å². The molecule has 1 rings (SSSR count). The van der Waals surface area contributed by atoms with Gasteiger partial charge in [-0.15, -0.1) is 0 Å². The van der Waals surface area contributed by atoms with E-state index in [2.05, 4.69) is 0 Å². The van der Waals surface area contributed by atoms with Gasteiger partial charge in [-0.3, -0.25) is 14.5 Å². The molecule has 0 saturated heterocycles. The molecule has 6 nitrogen and oxygen atoms in total. The van der Waals surface area contributed by atoms with E-state index in [1.54, 1.807) is 6.92 Å². The first-order valence-electron chi connectivity index (χ1n) is 5.70. The summed E-state index contributed by atoms with van der Waals surface area (Å²) in [6.45, 7) is 1.76. The zero-order chi connectivity index (χ0) is 14.3. The number of esters is 1. The highest BCUT2D eigenvalue weighted by atomic mass is 16.6. The normalized spacial score (nSPS) is 9.58. The molecule has 0 aliphatic rings. The molecule has 0 aliphatic heterocycles. The minimum atomic E-state index is -0.674. The number of rotatable bonds is 5. The van der Waals surface area contributed by atoms with Gasteiger partial charge in [0.1, 0.15) is 18.6 Å². The summed E-state index contributed by atoms with van der Waals surface area (Å²) in [5.41, 5.74) is 0.486. The van der Waals surface area contributed by atoms with Gasteiger partial charge in [-0.25, -0.2) is 4.79 Å². The summed E-state index contributed by atoms with van der Waals surface area (Å²) in [6, 6.07) is 6.06. The first-order valence-corrected chi connectivity index (χ1v) is 5.70. The smallest absolute Gasteiger partial charge is 0.415 e. The molecule has 0 bridgehead atoms. The number of likely N-dealkylation sites (N-methyl/N-ethyl adjacent to an activating group) is 1. The number of carbonyl (C=O) groups excluding carboxylic acids is 3. The number of amides is 1. The molecule has 1 aromatic rings.